The van der Waals surface area contributed by atoms with Gasteiger partial charge in [0.05, 0.1) is 11.4 Å². The molecule has 1 aliphatic carbocycles. The van der Waals surface area contributed by atoms with Crippen LogP contribution in [0.5, 0.6) is 0 Å². The topological polar surface area (TPSA) is 16.4 Å². The van der Waals surface area contributed by atoms with E-state index in [1.165, 1.54) is 50.1 Å². The van der Waals surface area contributed by atoms with Gasteiger partial charge < -0.3 is 9.32 Å². The summed E-state index contributed by atoms with van der Waals surface area (Å²) in [5, 5.41) is 2.24. The van der Waals surface area contributed by atoms with Gasteiger partial charge in [0.2, 0.25) is 0 Å². The molecule has 0 spiro atoms. The summed E-state index contributed by atoms with van der Waals surface area (Å²) in [6.45, 7) is 4.70. The largest absolute Gasteiger partial charge is 0.456 e. The van der Waals surface area contributed by atoms with E-state index in [0.29, 0.717) is 0 Å². The van der Waals surface area contributed by atoms with Crippen LogP contribution in [0.4, 0.5) is 17.1 Å². The molecule has 1 aliphatic rings. The fourth-order valence-electron chi connectivity index (χ4n) is 8.62. The van der Waals surface area contributed by atoms with E-state index in [4.69, 9.17) is 4.42 Å². The zero-order chi connectivity index (χ0) is 35.5. The van der Waals surface area contributed by atoms with Crippen molar-refractivity contribution in [2.24, 2.45) is 0 Å². The van der Waals surface area contributed by atoms with Crippen LogP contribution in [0.3, 0.4) is 0 Å². The van der Waals surface area contributed by atoms with Crippen molar-refractivity contribution in [2.75, 3.05) is 4.90 Å². The Morgan fingerprint density at radius 3 is 1.74 bits per heavy atom. The fourth-order valence-corrected chi connectivity index (χ4v) is 8.62. The van der Waals surface area contributed by atoms with Crippen molar-refractivity contribution in [3.05, 3.63) is 199 Å². The molecule has 0 saturated carbocycles. The molecule has 10 rings (SSSR count). The van der Waals surface area contributed by atoms with Gasteiger partial charge >= 0.3 is 0 Å². The van der Waals surface area contributed by atoms with E-state index in [9.17, 15) is 0 Å². The number of furan rings is 1. The molecular weight excluding hydrogens is 643 g/mol. The first-order valence-corrected chi connectivity index (χ1v) is 18.4. The van der Waals surface area contributed by atoms with E-state index in [0.717, 1.165) is 44.6 Å². The summed E-state index contributed by atoms with van der Waals surface area (Å²) in [7, 11) is 0. The smallest absolute Gasteiger partial charge is 0.137 e. The average Bonchev–Trinajstić information content (AvgIpc) is 3.70. The Balaban J connectivity index is 1.24. The predicted octanol–water partition coefficient (Wildman–Crippen LogP) is 14.4. The maximum absolute atomic E-state index is 6.52. The number of benzene rings is 8. The highest BCUT2D eigenvalue weighted by atomic mass is 16.3. The molecule has 0 radical (unpaired) electrons. The predicted molar refractivity (Wildman–Crippen MR) is 222 cm³/mol. The van der Waals surface area contributed by atoms with E-state index < -0.39 is 0 Å². The second-order valence-electron chi connectivity index (χ2n) is 14.5. The molecule has 0 N–H and O–H groups in total. The van der Waals surface area contributed by atoms with Gasteiger partial charge in [-0.2, -0.15) is 0 Å². The lowest BCUT2D eigenvalue weighted by atomic mass is 9.82. The Morgan fingerprint density at radius 1 is 0.396 bits per heavy atom. The van der Waals surface area contributed by atoms with Crippen LogP contribution in [0.15, 0.2) is 192 Å². The summed E-state index contributed by atoms with van der Waals surface area (Å²) in [6, 6.07) is 67.9. The van der Waals surface area contributed by atoms with Crippen molar-refractivity contribution in [1.82, 2.24) is 0 Å². The van der Waals surface area contributed by atoms with Gasteiger partial charge in [0.25, 0.3) is 0 Å². The first-order valence-electron chi connectivity index (χ1n) is 18.4. The molecule has 0 saturated heterocycles. The lowest BCUT2D eigenvalue weighted by Crippen LogP contribution is -2.16. The van der Waals surface area contributed by atoms with Crippen molar-refractivity contribution in [3.8, 4) is 44.5 Å². The van der Waals surface area contributed by atoms with Gasteiger partial charge in [0.15, 0.2) is 0 Å². The Hall–Kier alpha value is -6.64. The molecule has 0 aliphatic heterocycles. The van der Waals surface area contributed by atoms with Crippen LogP contribution in [-0.4, -0.2) is 0 Å². The lowest BCUT2D eigenvalue weighted by Gasteiger charge is -2.31. The Morgan fingerprint density at radius 2 is 0.943 bits per heavy atom. The van der Waals surface area contributed by atoms with Crippen LogP contribution in [0, 0.1) is 0 Å². The van der Waals surface area contributed by atoms with E-state index in [2.05, 4.69) is 201 Å². The molecule has 9 aromatic rings. The van der Waals surface area contributed by atoms with Crippen molar-refractivity contribution in [2.45, 2.75) is 19.3 Å². The van der Waals surface area contributed by atoms with Crippen LogP contribution in [0.1, 0.15) is 25.0 Å². The molecule has 1 aromatic heterocycles. The average molecular weight is 680 g/mol. The van der Waals surface area contributed by atoms with Gasteiger partial charge in [-0.1, -0.05) is 166 Å². The lowest BCUT2D eigenvalue weighted by molar-refractivity contribution is 0.660. The highest BCUT2D eigenvalue weighted by Crippen LogP contribution is 2.55. The van der Waals surface area contributed by atoms with E-state index in [-0.39, 0.29) is 5.41 Å². The third-order valence-corrected chi connectivity index (χ3v) is 11.1. The number of nitrogens with zero attached hydrogens (tertiary/aromatic N) is 1. The first-order chi connectivity index (χ1) is 26.1. The van der Waals surface area contributed by atoms with Gasteiger partial charge in [0.1, 0.15) is 11.2 Å². The van der Waals surface area contributed by atoms with Crippen molar-refractivity contribution in [3.63, 3.8) is 0 Å². The standard InChI is InChI=1S/C51H37NO/c1-51(2)44-26-13-10-25-43(44)50-45(51)27-16-29-47(50)52(35-31-32-42-41-24-12-15-30-48(41)53-49(42)33-35)46-28-14-11-23-40(46)39-22-9-8-21-38(39)37-20-7-6-19-36(37)34-17-4-3-5-18-34/h3-33H,1-2H3. The summed E-state index contributed by atoms with van der Waals surface area (Å²) in [6.07, 6.45) is 0. The van der Waals surface area contributed by atoms with Gasteiger partial charge in [-0.05, 0) is 74.8 Å². The van der Waals surface area contributed by atoms with Gasteiger partial charge in [-0.25, -0.2) is 0 Å². The van der Waals surface area contributed by atoms with E-state index in [1.54, 1.807) is 0 Å². The fraction of sp³-hybridized carbons (Fsp3) is 0.0588. The molecule has 1 heterocycles. The number of fused-ring (bicyclic) bond motifs is 6. The monoisotopic (exact) mass is 679 g/mol. The maximum atomic E-state index is 6.52. The molecule has 0 fully saturated rings. The van der Waals surface area contributed by atoms with Crippen LogP contribution < -0.4 is 4.90 Å². The molecular formula is C51H37NO. The molecule has 0 amide bonds. The highest BCUT2D eigenvalue weighted by Gasteiger charge is 2.38. The van der Waals surface area contributed by atoms with Gasteiger partial charge in [-0.15, -0.1) is 0 Å². The Kier molecular flexibility index (Phi) is 7.19. The minimum Gasteiger partial charge on any atom is -0.456 e. The van der Waals surface area contributed by atoms with Gasteiger partial charge in [-0.3, -0.25) is 0 Å². The second kappa shape index (κ2) is 12.3. The third kappa shape index (κ3) is 4.94. The van der Waals surface area contributed by atoms with E-state index in [1.807, 2.05) is 6.07 Å². The molecule has 252 valence electrons. The maximum Gasteiger partial charge on any atom is 0.137 e. The summed E-state index contributed by atoms with van der Waals surface area (Å²) in [5.41, 5.74) is 17.3. The SMILES string of the molecule is CC1(C)c2ccccc2-c2c(N(c3ccc4c(c3)oc3ccccc34)c3ccccc3-c3ccccc3-c3ccccc3-c3ccccc3)cccc21. The van der Waals surface area contributed by atoms with E-state index >= 15 is 0 Å². The van der Waals surface area contributed by atoms with Crippen molar-refractivity contribution in [1.29, 1.82) is 0 Å². The third-order valence-electron chi connectivity index (χ3n) is 11.1. The molecule has 53 heavy (non-hydrogen) atoms. The highest BCUT2D eigenvalue weighted by molar-refractivity contribution is 6.07. The van der Waals surface area contributed by atoms with Crippen molar-refractivity contribution >= 4 is 39.0 Å². The van der Waals surface area contributed by atoms with Crippen LogP contribution in [0.2, 0.25) is 0 Å². The zero-order valence-corrected chi connectivity index (χ0v) is 29.8. The molecule has 8 aromatic carbocycles. The zero-order valence-electron chi connectivity index (χ0n) is 29.8. The first kappa shape index (κ1) is 31.1. The number of rotatable bonds is 6. The number of hydrogen-bond acceptors (Lipinski definition) is 2. The summed E-state index contributed by atoms with van der Waals surface area (Å²) < 4.78 is 6.52. The van der Waals surface area contributed by atoms with Crippen molar-refractivity contribution < 1.29 is 4.42 Å². The minimum absolute atomic E-state index is 0.135. The van der Waals surface area contributed by atoms with Gasteiger partial charge in [0, 0.05) is 39.1 Å². The normalized spacial score (nSPS) is 12.9. The second-order valence-corrected chi connectivity index (χ2v) is 14.5. The Labute approximate surface area is 310 Å². The Bertz CT molecular complexity index is 2820. The number of para-hydroxylation sites is 2. The molecule has 2 nitrogen and oxygen atoms in total. The van der Waals surface area contributed by atoms with Crippen LogP contribution in [0.25, 0.3) is 66.4 Å². The summed E-state index contributed by atoms with van der Waals surface area (Å²) in [4.78, 5) is 2.46. The molecule has 0 unspecified atom stereocenters. The number of anilines is 3. The summed E-state index contributed by atoms with van der Waals surface area (Å²) in [5.74, 6) is 0. The number of hydrogen-bond donors (Lipinski definition) is 0. The molecule has 0 bridgehead atoms. The van der Waals surface area contributed by atoms with Crippen LogP contribution >= 0.6 is 0 Å². The van der Waals surface area contributed by atoms with Crippen LogP contribution in [-0.2, 0) is 5.41 Å². The quantitative estimate of drug-likeness (QED) is 0.174. The molecule has 0 atom stereocenters. The molecule has 2 heteroatoms. The minimum atomic E-state index is -0.135. The summed E-state index contributed by atoms with van der Waals surface area (Å²) >= 11 is 0.